The first-order valence-corrected chi connectivity index (χ1v) is 8.22. The number of hydrogen-bond donors (Lipinski definition) is 1. The van der Waals surface area contributed by atoms with Crippen LogP contribution in [-0.2, 0) is 0 Å². The fourth-order valence-corrected chi connectivity index (χ4v) is 3.36. The minimum atomic E-state index is 0.758. The summed E-state index contributed by atoms with van der Waals surface area (Å²) in [5, 5.41) is 3.42. The molecular formula is C16H34N2. The molecule has 2 heteroatoms. The molecule has 18 heavy (non-hydrogen) atoms. The molecule has 1 spiro atoms. The van der Waals surface area contributed by atoms with Crippen molar-refractivity contribution in [3.8, 4) is 0 Å². The predicted molar refractivity (Wildman–Crippen MR) is 81.0 cm³/mol. The van der Waals surface area contributed by atoms with Crippen LogP contribution >= 0.6 is 0 Å². The van der Waals surface area contributed by atoms with Crippen LogP contribution in [0.4, 0.5) is 0 Å². The highest BCUT2D eigenvalue weighted by Crippen LogP contribution is 2.47. The van der Waals surface area contributed by atoms with Gasteiger partial charge in [0.15, 0.2) is 0 Å². The van der Waals surface area contributed by atoms with Crippen molar-refractivity contribution in [1.82, 2.24) is 10.2 Å². The molecule has 3 aliphatic rings. The van der Waals surface area contributed by atoms with E-state index in [0.29, 0.717) is 0 Å². The normalized spacial score (nSPS) is 27.2. The van der Waals surface area contributed by atoms with E-state index in [9.17, 15) is 0 Å². The fourth-order valence-electron chi connectivity index (χ4n) is 3.36. The quantitative estimate of drug-likeness (QED) is 0.770. The van der Waals surface area contributed by atoms with Crippen molar-refractivity contribution in [3.63, 3.8) is 0 Å². The Balaban J connectivity index is 0.000000371. The van der Waals surface area contributed by atoms with Gasteiger partial charge in [-0.25, -0.2) is 0 Å². The summed E-state index contributed by atoms with van der Waals surface area (Å²) in [5.74, 6) is 0.977. The molecule has 2 nitrogen and oxygen atoms in total. The van der Waals surface area contributed by atoms with Crippen LogP contribution in [0.2, 0.25) is 0 Å². The molecule has 0 unspecified atom stereocenters. The zero-order valence-electron chi connectivity index (χ0n) is 13.3. The van der Waals surface area contributed by atoms with Gasteiger partial charge >= 0.3 is 0 Å². The fraction of sp³-hybridized carbons (Fsp3) is 1.00. The van der Waals surface area contributed by atoms with E-state index in [1.54, 1.807) is 0 Å². The van der Waals surface area contributed by atoms with Crippen molar-refractivity contribution >= 4 is 0 Å². The van der Waals surface area contributed by atoms with Gasteiger partial charge in [0.05, 0.1) is 0 Å². The largest absolute Gasteiger partial charge is 0.316 e. The monoisotopic (exact) mass is 254 g/mol. The van der Waals surface area contributed by atoms with Gasteiger partial charge < -0.3 is 10.2 Å². The van der Waals surface area contributed by atoms with Crippen molar-refractivity contribution in [2.24, 2.45) is 11.3 Å². The van der Waals surface area contributed by atoms with Crippen LogP contribution in [0.25, 0.3) is 0 Å². The van der Waals surface area contributed by atoms with E-state index in [2.05, 4.69) is 17.1 Å². The molecule has 1 N–H and O–H groups in total. The summed E-state index contributed by atoms with van der Waals surface area (Å²) in [6.45, 7) is 15.7. The lowest BCUT2D eigenvalue weighted by molar-refractivity contribution is -0.0454. The van der Waals surface area contributed by atoms with E-state index in [-0.39, 0.29) is 0 Å². The first kappa shape index (κ1) is 16.0. The van der Waals surface area contributed by atoms with E-state index in [1.165, 1.54) is 51.9 Å². The van der Waals surface area contributed by atoms with Crippen LogP contribution in [0.3, 0.4) is 0 Å². The van der Waals surface area contributed by atoms with E-state index in [0.717, 1.165) is 17.4 Å². The number of piperidine rings is 1. The zero-order valence-corrected chi connectivity index (χ0v) is 13.3. The second-order valence-electron chi connectivity index (χ2n) is 5.88. The van der Waals surface area contributed by atoms with E-state index in [1.807, 2.05) is 27.7 Å². The summed E-state index contributed by atoms with van der Waals surface area (Å²) < 4.78 is 0. The maximum absolute atomic E-state index is 3.42. The van der Waals surface area contributed by atoms with Gasteiger partial charge in [-0.15, -0.1) is 0 Å². The topological polar surface area (TPSA) is 15.3 Å². The molecule has 1 aliphatic carbocycles. The summed E-state index contributed by atoms with van der Waals surface area (Å²) in [7, 11) is 0. The summed E-state index contributed by atoms with van der Waals surface area (Å²) in [6, 6.07) is 0.949. The molecule has 3 fully saturated rings. The minimum Gasteiger partial charge on any atom is -0.316 e. The van der Waals surface area contributed by atoms with Gasteiger partial charge in [0, 0.05) is 19.1 Å². The van der Waals surface area contributed by atoms with E-state index >= 15 is 0 Å². The SMILES string of the molecule is CC.CC.CC1CCN(C2CC3(CNC3)C2)CC1. The van der Waals surface area contributed by atoms with Crippen LogP contribution in [0.15, 0.2) is 0 Å². The Labute approximate surface area is 115 Å². The molecule has 2 heterocycles. The number of nitrogens with zero attached hydrogens (tertiary/aromatic N) is 1. The molecule has 3 rings (SSSR count). The van der Waals surface area contributed by atoms with Gasteiger partial charge in [0.2, 0.25) is 0 Å². The Morgan fingerprint density at radius 1 is 0.944 bits per heavy atom. The molecule has 1 saturated carbocycles. The maximum Gasteiger partial charge on any atom is 0.0108 e. The van der Waals surface area contributed by atoms with Crippen molar-refractivity contribution in [2.45, 2.75) is 66.3 Å². The average Bonchev–Trinajstić information content (AvgIpc) is 2.33. The van der Waals surface area contributed by atoms with Gasteiger partial charge in [-0.05, 0) is 50.1 Å². The van der Waals surface area contributed by atoms with Gasteiger partial charge in [-0.3, -0.25) is 0 Å². The Bertz CT molecular complexity index is 207. The molecule has 0 amide bonds. The Kier molecular flexibility index (Phi) is 6.65. The Morgan fingerprint density at radius 2 is 1.44 bits per heavy atom. The van der Waals surface area contributed by atoms with Crippen molar-refractivity contribution in [3.05, 3.63) is 0 Å². The molecule has 0 bridgehead atoms. The highest BCUT2D eigenvalue weighted by atomic mass is 15.2. The highest BCUT2D eigenvalue weighted by molar-refractivity contribution is 5.06. The summed E-state index contributed by atoms with van der Waals surface area (Å²) in [6.07, 6.45) is 5.83. The third-order valence-electron chi connectivity index (χ3n) is 4.67. The number of nitrogens with one attached hydrogen (secondary N) is 1. The van der Waals surface area contributed by atoms with E-state index in [4.69, 9.17) is 0 Å². The molecular weight excluding hydrogens is 220 g/mol. The third kappa shape index (κ3) is 3.48. The summed E-state index contributed by atoms with van der Waals surface area (Å²) in [5.41, 5.74) is 0.758. The van der Waals surface area contributed by atoms with Crippen LogP contribution < -0.4 is 5.32 Å². The molecule has 0 aromatic heterocycles. The van der Waals surface area contributed by atoms with Crippen LogP contribution in [0.5, 0.6) is 0 Å². The predicted octanol–water partition coefficient (Wildman–Crippen LogP) is 3.52. The molecule has 0 aromatic carbocycles. The first-order chi connectivity index (χ1) is 8.77. The van der Waals surface area contributed by atoms with Crippen LogP contribution in [-0.4, -0.2) is 37.1 Å². The standard InChI is InChI=1S/C12H22N2.2C2H6/c1-10-2-4-14(5-3-10)11-6-12(7-11)8-13-9-12;2*1-2/h10-11,13H,2-9H2,1H3;2*1-2H3. The molecule has 2 aliphatic heterocycles. The second-order valence-corrected chi connectivity index (χ2v) is 5.88. The van der Waals surface area contributed by atoms with Crippen molar-refractivity contribution < 1.29 is 0 Å². The summed E-state index contributed by atoms with van der Waals surface area (Å²) in [4.78, 5) is 2.75. The van der Waals surface area contributed by atoms with Crippen molar-refractivity contribution in [1.29, 1.82) is 0 Å². The minimum absolute atomic E-state index is 0.758. The number of hydrogen-bond acceptors (Lipinski definition) is 2. The van der Waals surface area contributed by atoms with Crippen LogP contribution in [0, 0.1) is 11.3 Å². The summed E-state index contributed by atoms with van der Waals surface area (Å²) >= 11 is 0. The second kappa shape index (κ2) is 7.49. The number of rotatable bonds is 1. The van der Waals surface area contributed by atoms with Gasteiger partial charge in [0.25, 0.3) is 0 Å². The zero-order chi connectivity index (χ0) is 13.6. The smallest absolute Gasteiger partial charge is 0.0108 e. The maximum atomic E-state index is 3.42. The molecule has 108 valence electrons. The lowest BCUT2D eigenvalue weighted by Gasteiger charge is -2.58. The van der Waals surface area contributed by atoms with Crippen LogP contribution in [0.1, 0.15) is 60.3 Å². The van der Waals surface area contributed by atoms with E-state index < -0.39 is 0 Å². The van der Waals surface area contributed by atoms with Crippen molar-refractivity contribution in [2.75, 3.05) is 26.2 Å². The highest BCUT2D eigenvalue weighted by Gasteiger charge is 2.50. The lowest BCUT2D eigenvalue weighted by atomic mass is 9.61. The van der Waals surface area contributed by atoms with Gasteiger partial charge in [-0.1, -0.05) is 34.6 Å². The third-order valence-corrected chi connectivity index (χ3v) is 4.67. The first-order valence-electron chi connectivity index (χ1n) is 8.22. The Morgan fingerprint density at radius 3 is 1.83 bits per heavy atom. The number of likely N-dealkylation sites (tertiary alicyclic amines) is 1. The molecule has 0 radical (unpaired) electrons. The average molecular weight is 254 g/mol. The molecule has 0 atom stereocenters. The van der Waals surface area contributed by atoms with Gasteiger partial charge in [0.1, 0.15) is 0 Å². The molecule has 0 aromatic rings. The lowest BCUT2D eigenvalue weighted by Crippen LogP contribution is -2.65. The molecule has 2 saturated heterocycles. The Hall–Kier alpha value is -0.0800. The van der Waals surface area contributed by atoms with Gasteiger partial charge in [-0.2, -0.15) is 0 Å².